The van der Waals surface area contributed by atoms with Crippen molar-refractivity contribution in [1.82, 2.24) is 4.72 Å². The summed E-state index contributed by atoms with van der Waals surface area (Å²) in [6, 6.07) is 7.13. The fourth-order valence-corrected chi connectivity index (χ4v) is 4.47. The molecule has 0 saturated heterocycles. The fraction of sp³-hybridized carbons (Fsp3) is 0.667. The molecule has 0 aromatic heterocycles. The molecule has 5 heteroatoms. The molecule has 1 atom stereocenters. The molecule has 1 aliphatic carbocycles. The molecule has 1 fully saturated rings. The van der Waals surface area contributed by atoms with Crippen LogP contribution in [-0.2, 0) is 10.0 Å². The summed E-state index contributed by atoms with van der Waals surface area (Å²) in [5.41, 5.74) is 1.14. The first kappa shape index (κ1) is 18.4. The van der Waals surface area contributed by atoms with E-state index in [1.54, 1.807) is 12.1 Å². The van der Waals surface area contributed by atoms with Gasteiger partial charge in [0, 0.05) is 13.2 Å². The lowest BCUT2D eigenvalue weighted by Crippen LogP contribution is -2.46. The van der Waals surface area contributed by atoms with Gasteiger partial charge < -0.3 is 5.11 Å². The molecule has 23 heavy (non-hydrogen) atoms. The second-order valence-electron chi connectivity index (χ2n) is 7.18. The second-order valence-corrected chi connectivity index (χ2v) is 8.94. The lowest BCUT2D eigenvalue weighted by molar-refractivity contribution is 0.0487. The molecule has 0 heterocycles. The zero-order chi connectivity index (χ0) is 17.1. The summed E-state index contributed by atoms with van der Waals surface area (Å²) in [7, 11) is -3.47. The van der Waals surface area contributed by atoms with Gasteiger partial charge in [-0.2, -0.15) is 0 Å². The number of benzene rings is 1. The molecule has 1 aromatic rings. The quantitative estimate of drug-likeness (QED) is 0.764. The molecule has 2 rings (SSSR count). The molecule has 4 nitrogen and oxygen atoms in total. The minimum Gasteiger partial charge on any atom is -0.396 e. The minimum absolute atomic E-state index is 0.00761. The van der Waals surface area contributed by atoms with Crippen molar-refractivity contribution in [3.05, 3.63) is 29.8 Å². The van der Waals surface area contributed by atoms with Crippen molar-refractivity contribution < 1.29 is 13.5 Å². The first-order chi connectivity index (χ1) is 10.8. The number of hydrogen-bond acceptors (Lipinski definition) is 3. The molecular weight excluding hydrogens is 310 g/mol. The predicted octanol–water partition coefficient (Wildman–Crippen LogP) is 3.28. The van der Waals surface area contributed by atoms with Crippen LogP contribution >= 0.6 is 0 Å². The topological polar surface area (TPSA) is 66.4 Å². The minimum atomic E-state index is -3.47. The average Bonchev–Trinajstić information content (AvgIpc) is 2.46. The van der Waals surface area contributed by atoms with Crippen LogP contribution in [0, 0.1) is 11.3 Å². The molecule has 2 N–H and O–H groups in total. The van der Waals surface area contributed by atoms with Crippen molar-refractivity contribution in [1.29, 1.82) is 0 Å². The van der Waals surface area contributed by atoms with Crippen LogP contribution in [0.15, 0.2) is 29.2 Å². The Labute approximate surface area is 140 Å². The van der Waals surface area contributed by atoms with Gasteiger partial charge in [0.15, 0.2) is 0 Å². The summed E-state index contributed by atoms with van der Waals surface area (Å²) in [5.74, 6) is 0.713. The predicted molar refractivity (Wildman–Crippen MR) is 92.9 cm³/mol. The highest BCUT2D eigenvalue weighted by molar-refractivity contribution is 7.89. The van der Waals surface area contributed by atoms with Crippen LogP contribution in [0.1, 0.15) is 57.9 Å². The smallest absolute Gasteiger partial charge is 0.240 e. The number of sulfonamides is 1. The van der Waals surface area contributed by atoms with Crippen LogP contribution in [0.3, 0.4) is 0 Å². The van der Waals surface area contributed by atoms with Gasteiger partial charge in [0.25, 0.3) is 0 Å². The van der Waals surface area contributed by atoms with Gasteiger partial charge in [0.05, 0.1) is 4.90 Å². The van der Waals surface area contributed by atoms with Crippen molar-refractivity contribution >= 4 is 10.0 Å². The Morgan fingerprint density at radius 1 is 1.17 bits per heavy atom. The lowest BCUT2D eigenvalue weighted by atomic mass is 9.61. The summed E-state index contributed by atoms with van der Waals surface area (Å²) in [6.07, 6.45) is 3.93. The van der Waals surface area contributed by atoms with Gasteiger partial charge in [-0.3, -0.25) is 0 Å². The molecule has 0 radical (unpaired) electrons. The monoisotopic (exact) mass is 339 g/mol. The third kappa shape index (κ3) is 4.14. The Kier molecular flexibility index (Phi) is 5.87. The summed E-state index contributed by atoms with van der Waals surface area (Å²) in [5, 5.41) is 9.16. The van der Waals surface area contributed by atoms with Crippen molar-refractivity contribution in [3.8, 4) is 0 Å². The van der Waals surface area contributed by atoms with Crippen LogP contribution in [-0.4, -0.2) is 26.7 Å². The van der Waals surface area contributed by atoms with E-state index in [-0.39, 0.29) is 12.0 Å². The third-order valence-corrected chi connectivity index (χ3v) is 6.85. The van der Waals surface area contributed by atoms with E-state index in [0.717, 1.165) is 31.2 Å². The fourth-order valence-electron chi connectivity index (χ4n) is 3.33. The van der Waals surface area contributed by atoms with Crippen molar-refractivity contribution in [2.75, 3.05) is 13.2 Å². The third-order valence-electron chi connectivity index (χ3n) is 5.43. The highest BCUT2D eigenvalue weighted by Crippen LogP contribution is 2.47. The number of nitrogens with one attached hydrogen (secondary N) is 1. The molecule has 0 aliphatic heterocycles. The van der Waals surface area contributed by atoms with E-state index >= 15 is 0 Å². The zero-order valence-electron chi connectivity index (χ0n) is 14.4. The Morgan fingerprint density at radius 2 is 1.78 bits per heavy atom. The van der Waals surface area contributed by atoms with E-state index in [1.807, 2.05) is 12.1 Å². The van der Waals surface area contributed by atoms with Crippen LogP contribution in [0.5, 0.6) is 0 Å². The van der Waals surface area contributed by atoms with Crippen molar-refractivity contribution in [3.63, 3.8) is 0 Å². The molecule has 1 aliphatic rings. The number of aliphatic hydroxyl groups excluding tert-OH is 1. The Bertz CT molecular complexity index is 604. The normalized spacial score (nSPS) is 18.7. The van der Waals surface area contributed by atoms with Gasteiger partial charge in [-0.15, -0.1) is 0 Å². The van der Waals surface area contributed by atoms with Crippen LogP contribution in [0.25, 0.3) is 0 Å². The van der Waals surface area contributed by atoms with Crippen LogP contribution in [0.4, 0.5) is 0 Å². The van der Waals surface area contributed by atoms with Gasteiger partial charge in [0.2, 0.25) is 10.0 Å². The van der Waals surface area contributed by atoms with Gasteiger partial charge in [0.1, 0.15) is 0 Å². The summed E-state index contributed by atoms with van der Waals surface area (Å²) in [4.78, 5) is 0.325. The number of hydrogen-bond donors (Lipinski definition) is 2. The number of aliphatic hydroxyl groups is 1. The van der Waals surface area contributed by atoms with Crippen LogP contribution in [0.2, 0.25) is 0 Å². The summed E-state index contributed by atoms with van der Waals surface area (Å²) in [6.45, 7) is 6.91. The second kappa shape index (κ2) is 7.32. The Balaban J connectivity index is 2.06. The molecule has 0 unspecified atom stereocenters. The Hall–Kier alpha value is -0.910. The van der Waals surface area contributed by atoms with E-state index in [0.29, 0.717) is 23.3 Å². The van der Waals surface area contributed by atoms with E-state index in [9.17, 15) is 8.42 Å². The van der Waals surface area contributed by atoms with Gasteiger partial charge in [-0.1, -0.05) is 39.3 Å². The largest absolute Gasteiger partial charge is 0.396 e. The molecule has 130 valence electrons. The van der Waals surface area contributed by atoms with Gasteiger partial charge in [-0.25, -0.2) is 13.1 Å². The summed E-state index contributed by atoms with van der Waals surface area (Å²) < 4.78 is 27.8. The van der Waals surface area contributed by atoms with E-state index in [1.165, 1.54) is 0 Å². The SMILES string of the molecule is CC(C)c1ccc(S(=O)(=O)NCC2([C@H](C)CCO)CCC2)cc1. The first-order valence-electron chi connectivity index (χ1n) is 8.51. The van der Waals surface area contributed by atoms with Gasteiger partial charge >= 0.3 is 0 Å². The van der Waals surface area contributed by atoms with Crippen molar-refractivity contribution in [2.45, 2.75) is 57.3 Å². The Morgan fingerprint density at radius 3 is 2.22 bits per heavy atom. The summed E-state index contributed by atoms with van der Waals surface area (Å²) >= 11 is 0. The lowest BCUT2D eigenvalue weighted by Gasteiger charge is -2.46. The molecule has 1 saturated carbocycles. The average molecular weight is 340 g/mol. The maximum atomic E-state index is 12.5. The molecule has 0 amide bonds. The molecule has 1 aromatic carbocycles. The highest BCUT2D eigenvalue weighted by Gasteiger charge is 2.42. The molecule has 0 bridgehead atoms. The highest BCUT2D eigenvalue weighted by atomic mass is 32.2. The first-order valence-corrected chi connectivity index (χ1v) is 9.99. The number of rotatable bonds is 8. The zero-order valence-corrected chi connectivity index (χ0v) is 15.2. The molecular formula is C18H29NO3S. The van der Waals surface area contributed by atoms with E-state index < -0.39 is 10.0 Å². The molecule has 0 spiro atoms. The van der Waals surface area contributed by atoms with Crippen molar-refractivity contribution in [2.24, 2.45) is 11.3 Å². The van der Waals surface area contributed by atoms with Crippen LogP contribution < -0.4 is 4.72 Å². The maximum absolute atomic E-state index is 12.5. The maximum Gasteiger partial charge on any atom is 0.240 e. The van der Waals surface area contributed by atoms with E-state index in [4.69, 9.17) is 5.11 Å². The van der Waals surface area contributed by atoms with Gasteiger partial charge in [-0.05, 0) is 54.2 Å². The van der Waals surface area contributed by atoms with E-state index in [2.05, 4.69) is 25.5 Å². The standard InChI is InChI=1S/C18H29NO3S/c1-14(2)16-5-7-17(8-6-16)23(21,22)19-13-18(10-4-11-18)15(3)9-12-20/h5-8,14-15,19-20H,4,9-13H2,1-3H3/t15-/m1/s1.